The summed E-state index contributed by atoms with van der Waals surface area (Å²) in [7, 11) is 0. The van der Waals surface area contributed by atoms with E-state index in [0.29, 0.717) is 6.54 Å². The van der Waals surface area contributed by atoms with Crippen LogP contribution in [0.5, 0.6) is 0 Å². The molecule has 2 aromatic rings. The molecule has 1 amide bonds. The maximum absolute atomic E-state index is 12.8. The van der Waals surface area contributed by atoms with E-state index in [1.54, 1.807) is 12.1 Å². The lowest BCUT2D eigenvalue weighted by molar-refractivity contribution is -0.115. The molecule has 0 radical (unpaired) electrons. The van der Waals surface area contributed by atoms with Gasteiger partial charge in [-0.15, -0.1) is 0 Å². The van der Waals surface area contributed by atoms with Gasteiger partial charge in [-0.2, -0.15) is 0 Å². The number of para-hydroxylation sites is 1. The molecule has 0 aromatic heterocycles. The van der Waals surface area contributed by atoms with E-state index in [9.17, 15) is 9.18 Å². The minimum atomic E-state index is -0.258. The molecule has 3 nitrogen and oxygen atoms in total. The van der Waals surface area contributed by atoms with Crippen LogP contribution in [0.1, 0.15) is 16.7 Å². The van der Waals surface area contributed by atoms with Gasteiger partial charge in [0.25, 0.3) is 0 Å². The Morgan fingerprint density at radius 3 is 2.29 bits per heavy atom. The molecule has 0 saturated carbocycles. The number of anilines is 1. The number of hydrogen-bond donors (Lipinski definition) is 2. The number of rotatable bonds is 5. The van der Waals surface area contributed by atoms with Crippen molar-refractivity contribution in [3.63, 3.8) is 0 Å². The van der Waals surface area contributed by atoms with Crippen molar-refractivity contribution in [1.82, 2.24) is 5.32 Å². The van der Waals surface area contributed by atoms with E-state index in [-0.39, 0.29) is 18.3 Å². The molecule has 4 heteroatoms. The van der Waals surface area contributed by atoms with Gasteiger partial charge in [-0.1, -0.05) is 30.3 Å². The molecule has 0 bridgehead atoms. The van der Waals surface area contributed by atoms with E-state index < -0.39 is 0 Å². The summed E-state index contributed by atoms with van der Waals surface area (Å²) < 4.78 is 12.8. The fraction of sp³-hybridized carbons (Fsp3) is 0.235. The lowest BCUT2D eigenvalue weighted by Gasteiger charge is -2.12. The average molecular weight is 286 g/mol. The molecule has 0 unspecified atom stereocenters. The van der Waals surface area contributed by atoms with Crippen LogP contribution in [0.25, 0.3) is 0 Å². The number of amides is 1. The fourth-order valence-electron chi connectivity index (χ4n) is 2.12. The Balaban J connectivity index is 1.84. The Hall–Kier alpha value is -2.20. The molecule has 0 heterocycles. The summed E-state index contributed by atoms with van der Waals surface area (Å²) in [5.41, 5.74) is 3.89. The molecule has 21 heavy (non-hydrogen) atoms. The molecule has 0 saturated heterocycles. The van der Waals surface area contributed by atoms with Crippen molar-refractivity contribution in [3.8, 4) is 0 Å². The standard InChI is InChI=1S/C17H19FN2O/c1-12-4-3-5-13(2)17(12)20-16(21)11-19-10-14-6-8-15(18)9-7-14/h3-9,19H,10-11H2,1-2H3,(H,20,21). The first-order valence-electron chi connectivity index (χ1n) is 6.87. The van der Waals surface area contributed by atoms with Gasteiger partial charge >= 0.3 is 0 Å². The van der Waals surface area contributed by atoms with Gasteiger partial charge in [0.2, 0.25) is 5.91 Å². The number of carbonyl (C=O) groups is 1. The zero-order valence-electron chi connectivity index (χ0n) is 12.2. The summed E-state index contributed by atoms with van der Waals surface area (Å²) in [6.07, 6.45) is 0. The monoisotopic (exact) mass is 286 g/mol. The molecule has 0 aliphatic rings. The van der Waals surface area contributed by atoms with Crippen LogP contribution in [0.4, 0.5) is 10.1 Å². The van der Waals surface area contributed by atoms with Gasteiger partial charge in [0.1, 0.15) is 5.82 Å². The minimum Gasteiger partial charge on any atom is -0.324 e. The van der Waals surface area contributed by atoms with Gasteiger partial charge in [0, 0.05) is 12.2 Å². The maximum atomic E-state index is 12.8. The van der Waals surface area contributed by atoms with Crippen LogP contribution in [0, 0.1) is 19.7 Å². The summed E-state index contributed by atoms with van der Waals surface area (Å²) in [6.45, 7) is 4.68. The summed E-state index contributed by atoms with van der Waals surface area (Å²) >= 11 is 0. The summed E-state index contributed by atoms with van der Waals surface area (Å²) in [6, 6.07) is 12.1. The van der Waals surface area contributed by atoms with Crippen molar-refractivity contribution in [3.05, 3.63) is 65.0 Å². The normalized spacial score (nSPS) is 10.4. The predicted octanol–water partition coefficient (Wildman–Crippen LogP) is 3.17. The highest BCUT2D eigenvalue weighted by atomic mass is 19.1. The lowest BCUT2D eigenvalue weighted by Crippen LogP contribution is -2.28. The minimum absolute atomic E-state index is 0.0884. The molecule has 0 spiro atoms. The molecule has 0 aliphatic heterocycles. The SMILES string of the molecule is Cc1cccc(C)c1NC(=O)CNCc1ccc(F)cc1. The predicted molar refractivity (Wildman–Crippen MR) is 82.7 cm³/mol. The van der Waals surface area contributed by atoms with Gasteiger partial charge in [-0.05, 0) is 42.7 Å². The molecule has 2 N–H and O–H groups in total. The molecule has 0 fully saturated rings. The van der Waals surface area contributed by atoms with E-state index >= 15 is 0 Å². The number of carbonyl (C=O) groups excluding carboxylic acids is 1. The third-order valence-corrected chi connectivity index (χ3v) is 3.27. The third kappa shape index (κ3) is 4.39. The van der Waals surface area contributed by atoms with Crippen molar-refractivity contribution in [2.75, 3.05) is 11.9 Å². The number of halogens is 1. The van der Waals surface area contributed by atoms with Crippen LogP contribution in [-0.4, -0.2) is 12.5 Å². The molecular formula is C17H19FN2O. The average Bonchev–Trinajstić information content (AvgIpc) is 2.45. The van der Waals surface area contributed by atoms with Gasteiger partial charge < -0.3 is 10.6 Å². The lowest BCUT2D eigenvalue weighted by atomic mass is 10.1. The second-order valence-corrected chi connectivity index (χ2v) is 5.05. The van der Waals surface area contributed by atoms with Crippen LogP contribution in [0.15, 0.2) is 42.5 Å². The highest BCUT2D eigenvalue weighted by Gasteiger charge is 2.06. The number of hydrogen-bond acceptors (Lipinski definition) is 2. The van der Waals surface area contributed by atoms with Crippen molar-refractivity contribution in [2.45, 2.75) is 20.4 Å². The first-order valence-corrected chi connectivity index (χ1v) is 6.87. The van der Waals surface area contributed by atoms with Gasteiger partial charge in [-0.25, -0.2) is 4.39 Å². The number of aryl methyl sites for hydroxylation is 2. The molecule has 2 rings (SSSR count). The third-order valence-electron chi connectivity index (χ3n) is 3.27. The topological polar surface area (TPSA) is 41.1 Å². The summed E-state index contributed by atoms with van der Waals surface area (Å²) in [5.74, 6) is -0.346. The van der Waals surface area contributed by atoms with Crippen molar-refractivity contribution in [2.24, 2.45) is 0 Å². The van der Waals surface area contributed by atoms with E-state index in [1.165, 1.54) is 12.1 Å². The van der Waals surface area contributed by atoms with Crippen LogP contribution >= 0.6 is 0 Å². The Morgan fingerprint density at radius 1 is 1.05 bits per heavy atom. The second-order valence-electron chi connectivity index (χ2n) is 5.05. The summed E-state index contributed by atoms with van der Waals surface area (Å²) in [4.78, 5) is 11.9. The first kappa shape index (κ1) is 15.2. The fourth-order valence-corrected chi connectivity index (χ4v) is 2.12. The second kappa shape index (κ2) is 6.99. The van der Waals surface area contributed by atoms with E-state index in [0.717, 1.165) is 22.4 Å². The van der Waals surface area contributed by atoms with Crippen LogP contribution < -0.4 is 10.6 Å². The molecule has 0 atom stereocenters. The van der Waals surface area contributed by atoms with E-state index in [2.05, 4.69) is 10.6 Å². The smallest absolute Gasteiger partial charge is 0.238 e. The number of benzene rings is 2. The Morgan fingerprint density at radius 2 is 1.67 bits per heavy atom. The quantitative estimate of drug-likeness (QED) is 0.886. The zero-order chi connectivity index (χ0) is 15.2. The first-order chi connectivity index (χ1) is 10.1. The Kier molecular flexibility index (Phi) is 5.06. The molecule has 110 valence electrons. The van der Waals surface area contributed by atoms with Crippen molar-refractivity contribution >= 4 is 11.6 Å². The van der Waals surface area contributed by atoms with Gasteiger partial charge in [0.15, 0.2) is 0 Å². The van der Waals surface area contributed by atoms with Crippen molar-refractivity contribution in [1.29, 1.82) is 0 Å². The highest BCUT2D eigenvalue weighted by Crippen LogP contribution is 2.18. The number of nitrogens with one attached hydrogen (secondary N) is 2. The zero-order valence-corrected chi connectivity index (χ0v) is 12.2. The maximum Gasteiger partial charge on any atom is 0.238 e. The van der Waals surface area contributed by atoms with Crippen LogP contribution in [0.3, 0.4) is 0 Å². The van der Waals surface area contributed by atoms with E-state index in [4.69, 9.17) is 0 Å². The molecule has 2 aromatic carbocycles. The van der Waals surface area contributed by atoms with Crippen LogP contribution in [0.2, 0.25) is 0 Å². The van der Waals surface area contributed by atoms with E-state index in [1.807, 2.05) is 32.0 Å². The van der Waals surface area contributed by atoms with Crippen molar-refractivity contribution < 1.29 is 9.18 Å². The summed E-state index contributed by atoms with van der Waals surface area (Å²) in [5, 5.41) is 5.96. The van der Waals surface area contributed by atoms with Gasteiger partial charge in [-0.3, -0.25) is 4.79 Å². The highest BCUT2D eigenvalue weighted by molar-refractivity contribution is 5.93. The Labute approximate surface area is 124 Å². The molecular weight excluding hydrogens is 267 g/mol. The van der Waals surface area contributed by atoms with Gasteiger partial charge in [0.05, 0.1) is 6.54 Å². The largest absolute Gasteiger partial charge is 0.324 e. The Bertz CT molecular complexity index is 603. The van der Waals surface area contributed by atoms with Crippen LogP contribution in [-0.2, 0) is 11.3 Å². The molecule has 0 aliphatic carbocycles.